The number of allylic oxidation sites excluding steroid dienone is 6. The lowest BCUT2D eigenvalue weighted by Gasteiger charge is -2.47. The summed E-state index contributed by atoms with van der Waals surface area (Å²) >= 11 is 4.19. The first-order valence-electron chi connectivity index (χ1n) is 7.18. The van der Waals surface area contributed by atoms with Gasteiger partial charge in [0.25, 0.3) is 0 Å². The maximum Gasteiger partial charge on any atom is 0.0615 e. The highest BCUT2D eigenvalue weighted by atomic mass is 32.2. The maximum absolute atomic E-state index is 2.47. The Labute approximate surface area is 124 Å². The van der Waals surface area contributed by atoms with Crippen molar-refractivity contribution in [1.82, 2.24) is 0 Å². The van der Waals surface area contributed by atoms with E-state index in [2.05, 4.69) is 63.4 Å². The van der Waals surface area contributed by atoms with E-state index in [0.717, 1.165) is 0 Å². The Morgan fingerprint density at radius 3 is 1.68 bits per heavy atom. The first-order valence-corrected chi connectivity index (χ1v) is 8.81. The second kappa shape index (κ2) is 3.65. The van der Waals surface area contributed by atoms with E-state index in [9.17, 15) is 0 Å². The molecule has 0 N–H and O–H groups in total. The topological polar surface area (TPSA) is 0 Å². The molecule has 0 bridgehead atoms. The summed E-state index contributed by atoms with van der Waals surface area (Å²) in [7, 11) is 0. The summed E-state index contributed by atoms with van der Waals surface area (Å²) in [6, 6.07) is 0. The number of rotatable bonds is 0. The number of thioether (sulfide) groups is 2. The predicted molar refractivity (Wildman–Crippen MR) is 87.4 cm³/mol. The molecule has 0 aromatic carbocycles. The van der Waals surface area contributed by atoms with Gasteiger partial charge in [-0.2, -0.15) is 0 Å². The van der Waals surface area contributed by atoms with E-state index >= 15 is 0 Å². The lowest BCUT2D eigenvalue weighted by Crippen LogP contribution is -2.47. The van der Waals surface area contributed by atoms with Crippen molar-refractivity contribution in [2.45, 2.75) is 56.5 Å². The Morgan fingerprint density at radius 2 is 1.26 bits per heavy atom. The minimum Gasteiger partial charge on any atom is -0.118 e. The Balaban J connectivity index is 2.04. The predicted octanol–water partition coefficient (Wildman–Crippen LogP) is 5.60. The van der Waals surface area contributed by atoms with Crippen LogP contribution in [0.15, 0.2) is 44.3 Å². The molecule has 0 nitrogen and oxygen atoms in total. The minimum absolute atomic E-state index is 0.231. The van der Waals surface area contributed by atoms with Crippen molar-refractivity contribution in [1.29, 1.82) is 0 Å². The molecule has 0 unspecified atom stereocenters. The van der Waals surface area contributed by atoms with Crippen LogP contribution in [0.3, 0.4) is 0 Å². The van der Waals surface area contributed by atoms with Crippen molar-refractivity contribution in [3.63, 3.8) is 0 Å². The molecule has 0 saturated heterocycles. The molecular formula is C17H20S2. The minimum atomic E-state index is 0.231. The van der Waals surface area contributed by atoms with E-state index < -0.39 is 0 Å². The van der Waals surface area contributed by atoms with Gasteiger partial charge < -0.3 is 0 Å². The molecule has 2 heteroatoms. The smallest absolute Gasteiger partial charge is 0.0615 e. The van der Waals surface area contributed by atoms with E-state index in [1.165, 1.54) is 29.1 Å². The maximum atomic E-state index is 2.47. The molecule has 1 fully saturated rings. The van der Waals surface area contributed by atoms with Crippen LogP contribution in [0.1, 0.15) is 47.0 Å². The fourth-order valence-electron chi connectivity index (χ4n) is 4.29. The highest BCUT2D eigenvalue weighted by Crippen LogP contribution is 2.67. The van der Waals surface area contributed by atoms with Crippen LogP contribution in [-0.4, -0.2) is 9.49 Å². The number of hydrogen-bond acceptors (Lipinski definition) is 2. The molecule has 2 aliphatic heterocycles. The molecule has 1 saturated carbocycles. The van der Waals surface area contributed by atoms with Gasteiger partial charge in [-0.3, -0.25) is 0 Å². The van der Waals surface area contributed by atoms with Crippen molar-refractivity contribution >= 4 is 23.5 Å². The third-order valence-electron chi connectivity index (χ3n) is 5.23. The van der Waals surface area contributed by atoms with E-state index in [-0.39, 0.29) is 9.49 Å². The van der Waals surface area contributed by atoms with Gasteiger partial charge in [-0.05, 0) is 91.2 Å². The zero-order valence-electron chi connectivity index (χ0n) is 12.1. The van der Waals surface area contributed by atoms with Gasteiger partial charge in [0.05, 0.1) is 9.49 Å². The SMILES string of the molecule is CC1=CC2=C3CCCC3=C3C=C(C)S[C@@]3(C)[C@]2(C)S1. The second-order valence-corrected chi connectivity index (χ2v) is 9.75. The lowest BCUT2D eigenvalue weighted by molar-refractivity contribution is 0.607. The van der Waals surface area contributed by atoms with Crippen LogP contribution in [0.2, 0.25) is 0 Å². The van der Waals surface area contributed by atoms with Gasteiger partial charge in [-0.1, -0.05) is 0 Å². The Morgan fingerprint density at radius 1 is 0.842 bits per heavy atom. The van der Waals surface area contributed by atoms with Crippen molar-refractivity contribution in [3.8, 4) is 0 Å². The van der Waals surface area contributed by atoms with E-state index in [1.807, 2.05) is 0 Å². The van der Waals surface area contributed by atoms with Gasteiger partial charge in [0.15, 0.2) is 0 Å². The average molecular weight is 288 g/mol. The fraction of sp³-hybridized carbons (Fsp3) is 0.529. The van der Waals surface area contributed by atoms with Crippen molar-refractivity contribution < 1.29 is 0 Å². The van der Waals surface area contributed by atoms with Gasteiger partial charge >= 0.3 is 0 Å². The molecule has 4 aliphatic rings. The van der Waals surface area contributed by atoms with Crippen LogP contribution in [0.5, 0.6) is 0 Å². The van der Waals surface area contributed by atoms with E-state index in [4.69, 9.17) is 0 Å². The largest absolute Gasteiger partial charge is 0.118 e. The number of fused-ring (bicyclic) bond motifs is 4. The van der Waals surface area contributed by atoms with Crippen molar-refractivity contribution in [2.24, 2.45) is 0 Å². The lowest BCUT2D eigenvalue weighted by atomic mass is 9.72. The fourth-order valence-corrected chi connectivity index (χ4v) is 7.38. The van der Waals surface area contributed by atoms with E-state index in [0.29, 0.717) is 0 Å². The molecule has 19 heavy (non-hydrogen) atoms. The van der Waals surface area contributed by atoms with Gasteiger partial charge in [-0.15, -0.1) is 23.5 Å². The van der Waals surface area contributed by atoms with Gasteiger partial charge in [-0.25, -0.2) is 0 Å². The Kier molecular flexibility index (Phi) is 2.38. The molecule has 2 atom stereocenters. The molecule has 0 aromatic heterocycles. The molecule has 2 heterocycles. The molecule has 0 aromatic rings. The van der Waals surface area contributed by atoms with Crippen LogP contribution in [0.25, 0.3) is 0 Å². The Bertz CT molecular complexity index is 563. The summed E-state index contributed by atoms with van der Waals surface area (Å²) in [6.45, 7) is 9.50. The molecule has 100 valence electrons. The summed E-state index contributed by atoms with van der Waals surface area (Å²) in [5.74, 6) is 0. The van der Waals surface area contributed by atoms with Gasteiger partial charge in [0.1, 0.15) is 0 Å². The Hall–Kier alpha value is -0.340. The molecule has 4 rings (SSSR count). The molecule has 0 radical (unpaired) electrons. The molecule has 0 amide bonds. The van der Waals surface area contributed by atoms with Crippen LogP contribution in [0, 0.1) is 0 Å². The summed E-state index contributed by atoms with van der Waals surface area (Å²) in [4.78, 5) is 2.98. The van der Waals surface area contributed by atoms with Crippen LogP contribution >= 0.6 is 23.5 Å². The molecule has 2 aliphatic carbocycles. The molecule has 0 spiro atoms. The average Bonchev–Trinajstić information content (AvgIpc) is 2.95. The van der Waals surface area contributed by atoms with Crippen molar-refractivity contribution in [2.75, 3.05) is 0 Å². The quantitative estimate of drug-likeness (QED) is 0.569. The zero-order chi connectivity index (χ0) is 13.4. The standard InChI is InChI=1S/C17H20S2/c1-10-8-14-12-6-5-7-13(12)15-9-11(2)19-17(15,4)16(14,3)18-10/h8-9H,5-7H2,1-4H3/t16-,17-/m1/s1. The van der Waals surface area contributed by atoms with Crippen LogP contribution in [-0.2, 0) is 0 Å². The first kappa shape index (κ1) is 12.4. The first-order chi connectivity index (χ1) is 8.96. The van der Waals surface area contributed by atoms with Crippen LogP contribution < -0.4 is 0 Å². The summed E-state index contributed by atoms with van der Waals surface area (Å²) in [6.07, 6.45) is 8.88. The highest BCUT2D eigenvalue weighted by molar-refractivity contribution is 8.09. The second-order valence-electron chi connectivity index (χ2n) is 6.42. The van der Waals surface area contributed by atoms with Crippen LogP contribution in [0.4, 0.5) is 0 Å². The van der Waals surface area contributed by atoms with Crippen molar-refractivity contribution in [3.05, 3.63) is 44.3 Å². The molecular weight excluding hydrogens is 268 g/mol. The van der Waals surface area contributed by atoms with E-state index in [1.54, 1.807) is 22.3 Å². The normalized spacial score (nSPS) is 40.2. The third-order valence-corrected chi connectivity index (χ3v) is 8.31. The van der Waals surface area contributed by atoms with Gasteiger partial charge in [0, 0.05) is 0 Å². The van der Waals surface area contributed by atoms with Gasteiger partial charge in [0.2, 0.25) is 0 Å². The summed E-state index contributed by atoms with van der Waals surface area (Å²) < 4.78 is 0.461. The number of hydrogen-bond donors (Lipinski definition) is 0. The third kappa shape index (κ3) is 1.35. The monoisotopic (exact) mass is 288 g/mol. The summed E-state index contributed by atoms with van der Waals surface area (Å²) in [5.41, 5.74) is 6.66. The zero-order valence-corrected chi connectivity index (χ0v) is 13.7. The highest BCUT2D eigenvalue weighted by Gasteiger charge is 2.58. The summed E-state index contributed by atoms with van der Waals surface area (Å²) in [5, 5.41) is 0.